The van der Waals surface area contributed by atoms with Gasteiger partial charge < -0.3 is 10.1 Å². The first-order chi connectivity index (χ1) is 10.9. The van der Waals surface area contributed by atoms with E-state index < -0.39 is 6.10 Å². The maximum atomic E-state index is 12.0. The summed E-state index contributed by atoms with van der Waals surface area (Å²) in [7, 11) is 0. The van der Waals surface area contributed by atoms with Gasteiger partial charge in [-0.2, -0.15) is 0 Å². The molecule has 6 nitrogen and oxygen atoms in total. The molecule has 0 aliphatic heterocycles. The molecule has 1 aliphatic carbocycles. The number of ether oxygens (including phenoxy) is 1. The number of nitrogens with one attached hydrogen (secondary N) is 3. The molecule has 3 N–H and O–H groups in total. The normalized spacial score (nSPS) is 14.6. The lowest BCUT2D eigenvalue weighted by Gasteiger charge is -2.16. The Kier molecular flexibility index (Phi) is 5.54. The van der Waals surface area contributed by atoms with Gasteiger partial charge in [0, 0.05) is 5.92 Å². The van der Waals surface area contributed by atoms with Gasteiger partial charge in [0.25, 0.3) is 5.91 Å². The molecule has 2 amide bonds. The van der Waals surface area contributed by atoms with Crippen molar-refractivity contribution in [2.75, 3.05) is 0 Å². The minimum Gasteiger partial charge on any atom is -0.481 e. The summed E-state index contributed by atoms with van der Waals surface area (Å²) in [6.45, 7) is 5.63. The van der Waals surface area contributed by atoms with Gasteiger partial charge in [-0.25, -0.2) is 0 Å². The summed E-state index contributed by atoms with van der Waals surface area (Å²) in [5, 5.41) is 2.60. The van der Waals surface area contributed by atoms with Crippen molar-refractivity contribution < 1.29 is 14.3 Å². The highest BCUT2D eigenvalue weighted by Crippen LogP contribution is 2.28. The summed E-state index contributed by atoms with van der Waals surface area (Å²) in [6.07, 6.45) is 1.08. The van der Waals surface area contributed by atoms with Gasteiger partial charge in [-0.3, -0.25) is 20.4 Å². The summed E-state index contributed by atoms with van der Waals surface area (Å²) < 4.78 is 5.59. The molecule has 1 aliphatic rings. The zero-order chi connectivity index (χ0) is 17.0. The molecule has 1 atom stereocenters. The molecular formula is C16H21N3O3S. The third-order valence-electron chi connectivity index (χ3n) is 3.64. The average Bonchev–Trinajstić information content (AvgIpc) is 3.33. The second-order valence-electron chi connectivity index (χ2n) is 5.71. The van der Waals surface area contributed by atoms with Crippen LogP contribution >= 0.6 is 12.2 Å². The van der Waals surface area contributed by atoms with Crippen molar-refractivity contribution in [2.24, 2.45) is 5.92 Å². The highest BCUT2D eigenvalue weighted by Gasteiger charge is 2.30. The molecule has 0 spiro atoms. The Labute approximate surface area is 140 Å². The lowest BCUT2D eigenvalue weighted by Crippen LogP contribution is -2.51. The van der Waals surface area contributed by atoms with Crippen LogP contribution in [-0.4, -0.2) is 23.0 Å². The van der Waals surface area contributed by atoms with E-state index >= 15 is 0 Å². The van der Waals surface area contributed by atoms with Crippen molar-refractivity contribution in [3.8, 4) is 5.75 Å². The van der Waals surface area contributed by atoms with Crippen LogP contribution in [-0.2, 0) is 9.59 Å². The Morgan fingerprint density at radius 3 is 2.52 bits per heavy atom. The number of hydrogen-bond acceptors (Lipinski definition) is 4. The van der Waals surface area contributed by atoms with E-state index in [0.717, 1.165) is 24.0 Å². The summed E-state index contributed by atoms with van der Waals surface area (Å²) in [6, 6.07) is 5.64. The van der Waals surface area contributed by atoms with E-state index in [4.69, 9.17) is 17.0 Å². The number of hydrogen-bond donors (Lipinski definition) is 3. The van der Waals surface area contributed by atoms with Gasteiger partial charge in [0.05, 0.1) is 0 Å². The molecule has 1 aromatic carbocycles. The van der Waals surface area contributed by atoms with Crippen molar-refractivity contribution in [1.29, 1.82) is 0 Å². The van der Waals surface area contributed by atoms with Gasteiger partial charge in [0.15, 0.2) is 11.2 Å². The van der Waals surface area contributed by atoms with Crippen molar-refractivity contribution in [1.82, 2.24) is 16.2 Å². The smallest absolute Gasteiger partial charge is 0.279 e. The fourth-order valence-corrected chi connectivity index (χ4v) is 2.01. The molecule has 2 rings (SSSR count). The highest BCUT2D eigenvalue weighted by atomic mass is 32.1. The minimum atomic E-state index is -0.702. The monoisotopic (exact) mass is 335 g/mol. The van der Waals surface area contributed by atoms with Gasteiger partial charge in [-0.1, -0.05) is 6.07 Å². The first kappa shape index (κ1) is 17.2. The summed E-state index contributed by atoms with van der Waals surface area (Å²) >= 11 is 4.94. The van der Waals surface area contributed by atoms with Crippen LogP contribution in [0, 0.1) is 19.8 Å². The minimum absolute atomic E-state index is 0.0532. The molecule has 0 radical (unpaired) electrons. The number of hydrazine groups is 1. The van der Waals surface area contributed by atoms with Crippen LogP contribution in [0.2, 0.25) is 0 Å². The summed E-state index contributed by atoms with van der Waals surface area (Å²) in [4.78, 5) is 23.5. The average molecular weight is 335 g/mol. The largest absolute Gasteiger partial charge is 0.481 e. The number of rotatable bonds is 4. The molecule has 0 heterocycles. The Balaban J connectivity index is 1.76. The fraction of sp³-hybridized carbons (Fsp3) is 0.438. The first-order valence-electron chi connectivity index (χ1n) is 7.51. The summed E-state index contributed by atoms with van der Waals surface area (Å²) in [5.41, 5.74) is 7.18. The number of carbonyl (C=O) groups excluding carboxylic acids is 2. The van der Waals surface area contributed by atoms with E-state index in [0.29, 0.717) is 5.75 Å². The Bertz CT molecular complexity index is 629. The molecule has 124 valence electrons. The number of aryl methyl sites for hydroxylation is 2. The third kappa shape index (κ3) is 5.21. The SMILES string of the molecule is Cc1ccc(OC(C)C(=O)NNC(=S)NC(=O)C2CC2)cc1C. The van der Waals surface area contributed by atoms with Gasteiger partial charge in [-0.15, -0.1) is 0 Å². The fourth-order valence-electron chi connectivity index (χ4n) is 1.86. The van der Waals surface area contributed by atoms with Crippen LogP contribution in [0.3, 0.4) is 0 Å². The van der Waals surface area contributed by atoms with Crippen LogP contribution in [0.5, 0.6) is 5.75 Å². The Hall–Kier alpha value is -2.15. The second kappa shape index (κ2) is 7.41. The topological polar surface area (TPSA) is 79.5 Å². The Morgan fingerprint density at radius 2 is 1.91 bits per heavy atom. The lowest BCUT2D eigenvalue weighted by molar-refractivity contribution is -0.128. The predicted octanol–water partition coefficient (Wildman–Crippen LogP) is 1.50. The van der Waals surface area contributed by atoms with E-state index in [2.05, 4.69) is 16.2 Å². The maximum absolute atomic E-state index is 12.0. The molecule has 0 saturated heterocycles. The summed E-state index contributed by atoms with van der Waals surface area (Å²) in [5.74, 6) is 0.181. The van der Waals surface area contributed by atoms with Crippen LogP contribution in [0.1, 0.15) is 30.9 Å². The molecule has 23 heavy (non-hydrogen) atoms. The molecule has 1 fully saturated rings. The lowest BCUT2D eigenvalue weighted by atomic mass is 10.1. The highest BCUT2D eigenvalue weighted by molar-refractivity contribution is 7.80. The number of amides is 2. The molecule has 1 saturated carbocycles. The third-order valence-corrected chi connectivity index (χ3v) is 3.85. The van der Waals surface area contributed by atoms with Crippen LogP contribution in [0.4, 0.5) is 0 Å². The number of benzene rings is 1. The quantitative estimate of drug-likeness (QED) is 0.574. The van der Waals surface area contributed by atoms with Crippen LogP contribution in [0.25, 0.3) is 0 Å². The van der Waals surface area contributed by atoms with Crippen molar-refractivity contribution in [2.45, 2.75) is 39.7 Å². The zero-order valence-corrected chi connectivity index (χ0v) is 14.3. The van der Waals surface area contributed by atoms with Gasteiger partial charge in [-0.05, 0) is 69.1 Å². The zero-order valence-electron chi connectivity index (χ0n) is 13.4. The van der Waals surface area contributed by atoms with E-state index in [1.807, 2.05) is 32.0 Å². The van der Waals surface area contributed by atoms with E-state index in [9.17, 15) is 9.59 Å². The maximum Gasteiger partial charge on any atom is 0.279 e. The van der Waals surface area contributed by atoms with E-state index in [-0.39, 0.29) is 22.8 Å². The van der Waals surface area contributed by atoms with Crippen molar-refractivity contribution in [3.05, 3.63) is 29.3 Å². The van der Waals surface area contributed by atoms with Gasteiger partial charge in [0.2, 0.25) is 5.91 Å². The molecule has 0 aromatic heterocycles. The van der Waals surface area contributed by atoms with Crippen molar-refractivity contribution >= 4 is 29.1 Å². The van der Waals surface area contributed by atoms with E-state index in [1.165, 1.54) is 0 Å². The van der Waals surface area contributed by atoms with E-state index in [1.54, 1.807) is 6.92 Å². The Morgan fingerprint density at radius 1 is 1.22 bits per heavy atom. The molecule has 1 unspecified atom stereocenters. The van der Waals surface area contributed by atoms with Gasteiger partial charge in [0.1, 0.15) is 5.75 Å². The second-order valence-corrected chi connectivity index (χ2v) is 6.12. The van der Waals surface area contributed by atoms with Gasteiger partial charge >= 0.3 is 0 Å². The molecule has 0 bridgehead atoms. The standard InChI is InChI=1S/C16H21N3O3S/c1-9-4-7-13(8-10(9)2)22-11(3)14(20)18-19-16(23)17-15(21)12-5-6-12/h4,7-8,11-12H,5-6H2,1-3H3,(H,18,20)(H2,17,19,21,23). The number of thiocarbonyl (C=S) groups is 1. The van der Waals surface area contributed by atoms with Crippen LogP contribution in [0.15, 0.2) is 18.2 Å². The molecular weight excluding hydrogens is 314 g/mol. The molecule has 1 aromatic rings. The number of carbonyl (C=O) groups is 2. The van der Waals surface area contributed by atoms with Crippen LogP contribution < -0.4 is 20.9 Å². The predicted molar refractivity (Wildman–Crippen MR) is 90.7 cm³/mol. The molecule has 7 heteroatoms. The first-order valence-corrected chi connectivity index (χ1v) is 7.92. The van der Waals surface area contributed by atoms with Crippen molar-refractivity contribution in [3.63, 3.8) is 0 Å².